The molecule has 1 aromatic carbocycles. The van der Waals surface area contributed by atoms with Gasteiger partial charge in [0.25, 0.3) is 0 Å². The van der Waals surface area contributed by atoms with Crippen LogP contribution in [-0.4, -0.2) is 18.6 Å². The molecule has 1 unspecified atom stereocenters. The average Bonchev–Trinajstić information content (AvgIpc) is 2.73. The van der Waals surface area contributed by atoms with E-state index in [1.807, 2.05) is 13.8 Å². The summed E-state index contributed by atoms with van der Waals surface area (Å²) in [6.45, 7) is 11.1. The third-order valence-corrected chi connectivity index (χ3v) is 4.30. The minimum Gasteiger partial charge on any atom is -0.338 e. The van der Waals surface area contributed by atoms with Crippen LogP contribution < -0.4 is 10.6 Å². The second kappa shape index (κ2) is 8.19. The summed E-state index contributed by atoms with van der Waals surface area (Å²) < 4.78 is 0. The Morgan fingerprint density at radius 1 is 1.08 bits per heavy atom. The van der Waals surface area contributed by atoms with Crippen molar-refractivity contribution in [3.05, 3.63) is 65.8 Å². The number of nitrogens with one attached hydrogen (secondary N) is 2. The van der Waals surface area contributed by atoms with E-state index in [1.165, 1.54) is 16.7 Å². The first-order chi connectivity index (χ1) is 11.8. The predicted octanol–water partition coefficient (Wildman–Crippen LogP) is 5.03. The van der Waals surface area contributed by atoms with Crippen LogP contribution in [0.2, 0.25) is 0 Å². The molecule has 0 saturated heterocycles. The fourth-order valence-electron chi connectivity index (χ4n) is 2.69. The average molecular weight is 338 g/mol. The molecule has 0 spiro atoms. The molecule has 2 amide bonds. The summed E-state index contributed by atoms with van der Waals surface area (Å²) in [4.78, 5) is 11.7. The van der Waals surface area contributed by atoms with Crippen LogP contribution in [0.1, 0.15) is 51.7 Å². The molecule has 1 aromatic rings. The largest absolute Gasteiger partial charge is 0.338 e. The third-order valence-electron chi connectivity index (χ3n) is 4.30. The Kier molecular flexibility index (Phi) is 6.24. The summed E-state index contributed by atoms with van der Waals surface area (Å²) in [6.07, 6.45) is 10.9. The Balaban J connectivity index is 1.99. The van der Waals surface area contributed by atoms with Crippen molar-refractivity contribution >= 4 is 11.6 Å². The zero-order valence-corrected chi connectivity index (χ0v) is 16.0. The van der Waals surface area contributed by atoms with Crippen LogP contribution in [0, 0.1) is 5.41 Å². The van der Waals surface area contributed by atoms with Crippen molar-refractivity contribution in [2.24, 2.45) is 5.41 Å². The van der Waals surface area contributed by atoms with Crippen molar-refractivity contribution in [1.82, 2.24) is 10.6 Å². The number of rotatable bonds is 5. The Morgan fingerprint density at radius 2 is 1.76 bits per heavy atom. The number of amides is 2. The lowest BCUT2D eigenvalue weighted by atomic mass is 9.92. The van der Waals surface area contributed by atoms with E-state index < -0.39 is 0 Å². The number of carbonyl (C=O) groups is 1. The molecule has 0 aromatic heterocycles. The zero-order chi connectivity index (χ0) is 18.4. The molecule has 1 atom stereocenters. The second-order valence-electron chi connectivity index (χ2n) is 7.67. The summed E-state index contributed by atoms with van der Waals surface area (Å²) in [6, 6.07) is 8.65. The Bertz CT molecular complexity index is 678. The van der Waals surface area contributed by atoms with Crippen LogP contribution in [0.5, 0.6) is 0 Å². The first kappa shape index (κ1) is 19.0. The number of benzene rings is 1. The van der Waals surface area contributed by atoms with Crippen LogP contribution in [-0.2, 0) is 0 Å². The minimum atomic E-state index is -0.110. The monoisotopic (exact) mass is 338 g/mol. The van der Waals surface area contributed by atoms with E-state index in [4.69, 9.17) is 0 Å². The van der Waals surface area contributed by atoms with Gasteiger partial charge in [0.15, 0.2) is 0 Å². The summed E-state index contributed by atoms with van der Waals surface area (Å²) in [5.41, 5.74) is 3.74. The summed E-state index contributed by atoms with van der Waals surface area (Å²) in [5, 5.41) is 5.77. The van der Waals surface area contributed by atoms with E-state index in [0.717, 1.165) is 0 Å². The molecule has 25 heavy (non-hydrogen) atoms. The topological polar surface area (TPSA) is 41.1 Å². The van der Waals surface area contributed by atoms with Crippen LogP contribution in [0.4, 0.5) is 4.79 Å². The molecular formula is C22H30N2O. The molecule has 1 aliphatic rings. The molecule has 134 valence electrons. The fraction of sp³-hybridized carbons (Fsp3) is 0.409. The molecule has 3 nitrogen and oxygen atoms in total. The number of hydrogen-bond donors (Lipinski definition) is 2. The Hall–Kier alpha value is -2.29. The van der Waals surface area contributed by atoms with Gasteiger partial charge in [-0.3, -0.25) is 0 Å². The van der Waals surface area contributed by atoms with Crippen molar-refractivity contribution < 1.29 is 4.79 Å². The summed E-state index contributed by atoms with van der Waals surface area (Å²) in [7, 11) is 0. The number of urea groups is 1. The van der Waals surface area contributed by atoms with E-state index >= 15 is 0 Å². The maximum atomic E-state index is 11.7. The molecule has 0 fully saturated rings. The van der Waals surface area contributed by atoms with Gasteiger partial charge >= 0.3 is 6.03 Å². The first-order valence-corrected chi connectivity index (χ1v) is 9.00. The van der Waals surface area contributed by atoms with Gasteiger partial charge in [-0.05, 0) is 36.5 Å². The number of hydrogen-bond acceptors (Lipinski definition) is 1. The second-order valence-corrected chi connectivity index (χ2v) is 7.67. The Morgan fingerprint density at radius 3 is 2.40 bits per heavy atom. The lowest BCUT2D eigenvalue weighted by molar-refractivity contribution is 0.238. The van der Waals surface area contributed by atoms with Crippen LogP contribution in [0.25, 0.3) is 5.57 Å². The van der Waals surface area contributed by atoms with Crippen molar-refractivity contribution in [1.29, 1.82) is 0 Å². The summed E-state index contributed by atoms with van der Waals surface area (Å²) >= 11 is 0. The lowest BCUT2D eigenvalue weighted by Gasteiger charge is -2.15. The van der Waals surface area contributed by atoms with Crippen molar-refractivity contribution in [3.63, 3.8) is 0 Å². The van der Waals surface area contributed by atoms with Gasteiger partial charge in [0.1, 0.15) is 0 Å². The highest BCUT2D eigenvalue weighted by Gasteiger charge is 2.12. The van der Waals surface area contributed by atoms with Crippen LogP contribution >= 0.6 is 0 Å². The van der Waals surface area contributed by atoms with Gasteiger partial charge in [-0.25, -0.2) is 4.79 Å². The van der Waals surface area contributed by atoms with Crippen molar-refractivity contribution in [2.45, 2.75) is 46.6 Å². The predicted molar refractivity (Wildman–Crippen MR) is 107 cm³/mol. The maximum absolute atomic E-state index is 11.7. The molecule has 3 heteroatoms. The highest BCUT2D eigenvalue weighted by Crippen LogP contribution is 2.27. The molecule has 2 rings (SSSR count). The standard InChI is InChI=1S/C22H30N2O/c1-16(2)24-21(25)23-15-17(3)18-8-10-20(11-9-18)19-7-6-13-22(4,5)14-12-19/h6-14,16-17H,15H2,1-5H3,(H2,23,24,25). The molecule has 2 N–H and O–H groups in total. The number of allylic oxidation sites excluding steroid dienone is 6. The summed E-state index contributed by atoms with van der Waals surface area (Å²) in [5.74, 6) is 0.268. The van der Waals surface area contributed by atoms with E-state index in [1.54, 1.807) is 0 Å². The van der Waals surface area contributed by atoms with Gasteiger partial charge in [-0.2, -0.15) is 0 Å². The maximum Gasteiger partial charge on any atom is 0.315 e. The normalized spacial score (nSPS) is 17.0. The van der Waals surface area contributed by atoms with Gasteiger partial charge in [0, 0.05) is 18.0 Å². The quantitative estimate of drug-likeness (QED) is 0.776. The Labute approximate surface area is 151 Å². The molecule has 1 aliphatic carbocycles. The van der Waals surface area contributed by atoms with Gasteiger partial charge < -0.3 is 10.6 Å². The van der Waals surface area contributed by atoms with E-state index in [-0.39, 0.29) is 23.4 Å². The fourth-order valence-corrected chi connectivity index (χ4v) is 2.69. The minimum absolute atomic E-state index is 0.0922. The van der Waals surface area contributed by atoms with Crippen molar-refractivity contribution in [3.8, 4) is 0 Å². The lowest BCUT2D eigenvalue weighted by Crippen LogP contribution is -2.40. The highest BCUT2D eigenvalue weighted by atomic mass is 16.2. The number of carbonyl (C=O) groups excluding carboxylic acids is 1. The third kappa shape index (κ3) is 5.93. The molecule has 0 bridgehead atoms. The van der Waals surface area contributed by atoms with Crippen LogP contribution in [0.3, 0.4) is 0 Å². The highest BCUT2D eigenvalue weighted by molar-refractivity contribution is 5.76. The molecule has 0 radical (unpaired) electrons. The van der Waals surface area contributed by atoms with E-state index in [0.29, 0.717) is 6.54 Å². The smallest absolute Gasteiger partial charge is 0.315 e. The zero-order valence-electron chi connectivity index (χ0n) is 16.0. The first-order valence-electron chi connectivity index (χ1n) is 9.00. The van der Waals surface area contributed by atoms with Gasteiger partial charge in [-0.15, -0.1) is 0 Å². The van der Waals surface area contributed by atoms with E-state index in [2.05, 4.69) is 86.1 Å². The molecule has 0 aliphatic heterocycles. The molecule has 0 heterocycles. The van der Waals surface area contributed by atoms with Gasteiger partial charge in [0.05, 0.1) is 0 Å². The molecule has 0 saturated carbocycles. The van der Waals surface area contributed by atoms with E-state index in [9.17, 15) is 4.79 Å². The molecular weight excluding hydrogens is 308 g/mol. The van der Waals surface area contributed by atoms with Gasteiger partial charge in [0.2, 0.25) is 0 Å². The van der Waals surface area contributed by atoms with Crippen molar-refractivity contribution in [2.75, 3.05) is 6.54 Å². The SMILES string of the molecule is CC(C)NC(=O)NCC(C)c1ccc(C2=CC=CC(C)(C)C=C2)cc1. The van der Waals surface area contributed by atoms with Crippen LogP contribution in [0.15, 0.2) is 54.6 Å². The van der Waals surface area contributed by atoms with Gasteiger partial charge in [-0.1, -0.05) is 75.4 Å².